The topological polar surface area (TPSA) is 26.0 Å². The maximum atomic E-state index is 5.90. The van der Waals surface area contributed by atoms with Crippen molar-refractivity contribution >= 4 is 0 Å². The van der Waals surface area contributed by atoms with Crippen LogP contribution < -0.4 is 5.73 Å². The first kappa shape index (κ1) is 8.31. The molecule has 0 saturated heterocycles. The largest absolute Gasteiger partial charge is 0.330 e. The SMILES string of the molecule is C=C1C2CCC(CN)(C2)C1(C)C. The number of fused-ring (bicyclic) bond motifs is 2. The van der Waals surface area contributed by atoms with Gasteiger partial charge >= 0.3 is 0 Å². The van der Waals surface area contributed by atoms with Crippen LogP contribution in [-0.4, -0.2) is 6.54 Å². The van der Waals surface area contributed by atoms with Crippen LogP contribution in [-0.2, 0) is 0 Å². The molecule has 2 rings (SSSR count). The normalized spacial score (nSPS) is 43.9. The van der Waals surface area contributed by atoms with Gasteiger partial charge in [0.1, 0.15) is 0 Å². The Morgan fingerprint density at radius 3 is 2.58 bits per heavy atom. The van der Waals surface area contributed by atoms with Crippen LogP contribution in [0.5, 0.6) is 0 Å². The minimum Gasteiger partial charge on any atom is -0.330 e. The molecule has 2 aliphatic carbocycles. The van der Waals surface area contributed by atoms with E-state index in [1.807, 2.05) is 0 Å². The van der Waals surface area contributed by atoms with Gasteiger partial charge in [-0.05, 0) is 42.6 Å². The molecule has 0 aromatic rings. The van der Waals surface area contributed by atoms with Gasteiger partial charge in [0.15, 0.2) is 0 Å². The summed E-state index contributed by atoms with van der Waals surface area (Å²) < 4.78 is 0. The molecule has 0 heterocycles. The molecule has 0 aromatic heterocycles. The Morgan fingerprint density at radius 2 is 2.25 bits per heavy atom. The van der Waals surface area contributed by atoms with Gasteiger partial charge in [-0.2, -0.15) is 0 Å². The molecule has 12 heavy (non-hydrogen) atoms. The van der Waals surface area contributed by atoms with Gasteiger partial charge in [-0.25, -0.2) is 0 Å². The second-order valence-electron chi connectivity index (χ2n) is 5.07. The van der Waals surface area contributed by atoms with Gasteiger partial charge in [0, 0.05) is 0 Å². The van der Waals surface area contributed by atoms with E-state index in [0.29, 0.717) is 10.8 Å². The summed E-state index contributed by atoms with van der Waals surface area (Å²) in [5.74, 6) is 0.781. The number of rotatable bonds is 1. The third-order valence-electron chi connectivity index (χ3n) is 4.62. The first-order valence-corrected chi connectivity index (χ1v) is 4.93. The highest BCUT2D eigenvalue weighted by molar-refractivity contribution is 5.28. The fourth-order valence-electron chi connectivity index (χ4n) is 3.28. The van der Waals surface area contributed by atoms with Crippen molar-refractivity contribution in [2.45, 2.75) is 33.1 Å². The molecule has 0 aliphatic heterocycles. The summed E-state index contributed by atoms with van der Waals surface area (Å²) in [5.41, 5.74) is 8.05. The summed E-state index contributed by atoms with van der Waals surface area (Å²) in [5, 5.41) is 0. The lowest BCUT2D eigenvalue weighted by molar-refractivity contribution is 0.142. The molecule has 2 fully saturated rings. The van der Waals surface area contributed by atoms with E-state index < -0.39 is 0 Å². The van der Waals surface area contributed by atoms with Crippen LogP contribution in [0.3, 0.4) is 0 Å². The first-order chi connectivity index (χ1) is 5.53. The smallest absolute Gasteiger partial charge is 0.00121 e. The lowest BCUT2D eigenvalue weighted by Crippen LogP contribution is -2.40. The molecule has 2 aliphatic rings. The molecule has 0 amide bonds. The van der Waals surface area contributed by atoms with E-state index in [2.05, 4.69) is 20.4 Å². The predicted molar refractivity (Wildman–Crippen MR) is 51.7 cm³/mol. The number of hydrogen-bond acceptors (Lipinski definition) is 1. The fourth-order valence-corrected chi connectivity index (χ4v) is 3.28. The Bertz CT molecular complexity index is 229. The summed E-state index contributed by atoms with van der Waals surface area (Å²) in [6, 6.07) is 0. The van der Waals surface area contributed by atoms with Crippen LogP contribution in [0.2, 0.25) is 0 Å². The Hall–Kier alpha value is -0.300. The van der Waals surface area contributed by atoms with Crippen LogP contribution in [0.15, 0.2) is 12.2 Å². The summed E-state index contributed by atoms with van der Waals surface area (Å²) in [4.78, 5) is 0. The van der Waals surface area contributed by atoms with Crippen molar-refractivity contribution in [2.75, 3.05) is 6.54 Å². The minimum absolute atomic E-state index is 0.296. The summed E-state index contributed by atoms with van der Waals surface area (Å²) in [6.07, 6.45) is 3.95. The molecule has 2 unspecified atom stereocenters. The first-order valence-electron chi connectivity index (χ1n) is 4.93. The molecule has 2 saturated carbocycles. The standard InChI is InChI=1S/C11H19N/c1-8-9-4-5-11(6-9,7-12)10(8,2)3/h9H,1,4-7,12H2,2-3H3. The summed E-state index contributed by atoms with van der Waals surface area (Å²) in [7, 11) is 0. The Labute approximate surface area is 75.0 Å². The van der Waals surface area contributed by atoms with E-state index in [0.717, 1.165) is 12.5 Å². The van der Waals surface area contributed by atoms with Crippen molar-refractivity contribution in [1.29, 1.82) is 0 Å². The molecule has 2 N–H and O–H groups in total. The van der Waals surface area contributed by atoms with E-state index in [4.69, 9.17) is 5.73 Å². The molecular weight excluding hydrogens is 146 g/mol. The van der Waals surface area contributed by atoms with Crippen LogP contribution in [0.25, 0.3) is 0 Å². The quantitative estimate of drug-likeness (QED) is 0.593. The molecule has 68 valence electrons. The third kappa shape index (κ3) is 0.687. The van der Waals surface area contributed by atoms with Crippen LogP contribution in [0.4, 0.5) is 0 Å². The van der Waals surface area contributed by atoms with Crippen molar-refractivity contribution in [1.82, 2.24) is 0 Å². The number of nitrogens with two attached hydrogens (primary N) is 1. The van der Waals surface area contributed by atoms with Gasteiger partial charge in [-0.15, -0.1) is 0 Å². The Kier molecular flexibility index (Phi) is 1.48. The predicted octanol–water partition coefficient (Wildman–Crippen LogP) is 2.33. The zero-order valence-corrected chi connectivity index (χ0v) is 8.19. The summed E-state index contributed by atoms with van der Waals surface area (Å²) in [6.45, 7) is 9.71. The van der Waals surface area contributed by atoms with Gasteiger partial charge in [-0.3, -0.25) is 0 Å². The highest BCUT2D eigenvalue weighted by atomic mass is 14.7. The zero-order chi connectivity index (χ0) is 8.98. The average molecular weight is 165 g/mol. The molecule has 1 nitrogen and oxygen atoms in total. The highest BCUT2D eigenvalue weighted by Gasteiger charge is 2.57. The van der Waals surface area contributed by atoms with E-state index in [1.54, 1.807) is 0 Å². The Morgan fingerprint density at radius 1 is 1.58 bits per heavy atom. The maximum Gasteiger partial charge on any atom is -0.00121 e. The van der Waals surface area contributed by atoms with Gasteiger partial charge in [0.2, 0.25) is 0 Å². The zero-order valence-electron chi connectivity index (χ0n) is 8.19. The molecule has 0 radical (unpaired) electrons. The number of allylic oxidation sites excluding steroid dienone is 1. The highest BCUT2D eigenvalue weighted by Crippen LogP contribution is 2.65. The Balaban J connectivity index is 2.41. The van der Waals surface area contributed by atoms with E-state index in [-0.39, 0.29) is 0 Å². The van der Waals surface area contributed by atoms with E-state index in [1.165, 1.54) is 24.8 Å². The fraction of sp³-hybridized carbons (Fsp3) is 0.818. The molecule has 2 atom stereocenters. The molecule has 0 spiro atoms. The minimum atomic E-state index is 0.296. The van der Waals surface area contributed by atoms with E-state index in [9.17, 15) is 0 Å². The lowest BCUT2D eigenvalue weighted by Gasteiger charge is -2.42. The monoisotopic (exact) mass is 165 g/mol. The van der Waals surface area contributed by atoms with Crippen LogP contribution in [0, 0.1) is 16.7 Å². The average Bonchev–Trinajstić information content (AvgIpc) is 2.53. The molecule has 2 bridgehead atoms. The second-order valence-corrected chi connectivity index (χ2v) is 5.07. The van der Waals surface area contributed by atoms with Crippen molar-refractivity contribution in [3.63, 3.8) is 0 Å². The molecule has 0 aromatic carbocycles. The van der Waals surface area contributed by atoms with Crippen LogP contribution in [0.1, 0.15) is 33.1 Å². The van der Waals surface area contributed by atoms with Crippen molar-refractivity contribution < 1.29 is 0 Å². The van der Waals surface area contributed by atoms with Crippen molar-refractivity contribution in [3.05, 3.63) is 12.2 Å². The van der Waals surface area contributed by atoms with E-state index >= 15 is 0 Å². The van der Waals surface area contributed by atoms with Gasteiger partial charge in [0.25, 0.3) is 0 Å². The van der Waals surface area contributed by atoms with Crippen LogP contribution >= 0.6 is 0 Å². The van der Waals surface area contributed by atoms with Gasteiger partial charge in [0.05, 0.1) is 0 Å². The summed E-state index contributed by atoms with van der Waals surface area (Å²) >= 11 is 0. The van der Waals surface area contributed by atoms with Crippen molar-refractivity contribution in [2.24, 2.45) is 22.5 Å². The van der Waals surface area contributed by atoms with Crippen molar-refractivity contribution in [3.8, 4) is 0 Å². The van der Waals surface area contributed by atoms with Gasteiger partial charge in [-0.1, -0.05) is 26.0 Å². The third-order valence-corrected chi connectivity index (χ3v) is 4.62. The maximum absolute atomic E-state index is 5.90. The van der Waals surface area contributed by atoms with Gasteiger partial charge < -0.3 is 5.73 Å². The lowest BCUT2D eigenvalue weighted by atomic mass is 9.63. The molecule has 1 heteroatoms. The molecular formula is C11H19N. The number of hydrogen-bond donors (Lipinski definition) is 1. The second kappa shape index (κ2) is 2.14.